The lowest BCUT2D eigenvalue weighted by atomic mass is 9.90. The Morgan fingerprint density at radius 2 is 1.91 bits per heavy atom. The highest BCUT2D eigenvalue weighted by molar-refractivity contribution is 5.97. The number of benzene rings is 2. The van der Waals surface area contributed by atoms with Gasteiger partial charge in [0.05, 0.1) is 11.6 Å². The van der Waals surface area contributed by atoms with Gasteiger partial charge < -0.3 is 10.4 Å². The zero-order valence-electron chi connectivity index (χ0n) is 19.4. The molecule has 168 valence electrons. The molecule has 1 amide bonds. The monoisotopic (exact) mass is 439 g/mol. The summed E-state index contributed by atoms with van der Waals surface area (Å²) in [5, 5.41) is 21.5. The number of hydrogen-bond acceptors (Lipinski definition) is 3. The van der Waals surface area contributed by atoms with Crippen LogP contribution in [0.2, 0.25) is 0 Å². The number of nitrogens with one attached hydrogen (secondary N) is 1. The van der Waals surface area contributed by atoms with Crippen LogP contribution in [0.1, 0.15) is 55.5 Å². The standard InChI is InChI=1S/C28H29N3O2/c1-19(2)16-26-24(18-30-28(32)33)27(22-12-9-20(3)10-13-22)23-17-21(11-14-25(23)31-26)8-6-4-5-7-15-29/h9-14,17,19,30H,4-5,7,16,18H2,1-3H3,(H,32,33). The van der Waals surface area contributed by atoms with Gasteiger partial charge in [-0.15, -0.1) is 0 Å². The molecule has 5 nitrogen and oxygen atoms in total. The number of amides is 1. The summed E-state index contributed by atoms with van der Waals surface area (Å²) in [5.41, 5.74) is 6.75. The summed E-state index contributed by atoms with van der Waals surface area (Å²) in [4.78, 5) is 16.3. The maximum Gasteiger partial charge on any atom is 0.404 e. The lowest BCUT2D eigenvalue weighted by Gasteiger charge is -2.19. The van der Waals surface area contributed by atoms with Crippen molar-refractivity contribution in [3.05, 3.63) is 64.8 Å². The number of nitriles is 1. The van der Waals surface area contributed by atoms with Gasteiger partial charge in [-0.05, 0) is 55.0 Å². The van der Waals surface area contributed by atoms with Crippen LogP contribution in [0.3, 0.4) is 0 Å². The Kier molecular flexibility index (Phi) is 8.06. The van der Waals surface area contributed by atoms with Crippen LogP contribution in [0.25, 0.3) is 22.0 Å². The Bertz CT molecular complexity index is 1240. The van der Waals surface area contributed by atoms with Gasteiger partial charge in [0.25, 0.3) is 0 Å². The summed E-state index contributed by atoms with van der Waals surface area (Å²) in [6.07, 6.45) is 1.64. The van der Waals surface area contributed by atoms with E-state index in [-0.39, 0.29) is 6.54 Å². The van der Waals surface area contributed by atoms with Gasteiger partial charge in [0, 0.05) is 41.6 Å². The first-order valence-electron chi connectivity index (χ1n) is 11.2. The zero-order valence-corrected chi connectivity index (χ0v) is 19.4. The van der Waals surface area contributed by atoms with Crippen molar-refractivity contribution in [1.29, 1.82) is 5.26 Å². The van der Waals surface area contributed by atoms with Crippen LogP contribution in [0.5, 0.6) is 0 Å². The highest BCUT2D eigenvalue weighted by atomic mass is 16.4. The maximum atomic E-state index is 11.3. The molecule has 0 spiro atoms. The molecule has 1 heterocycles. The summed E-state index contributed by atoms with van der Waals surface area (Å²) in [7, 11) is 0. The lowest BCUT2D eigenvalue weighted by Crippen LogP contribution is -2.22. The lowest BCUT2D eigenvalue weighted by molar-refractivity contribution is 0.194. The van der Waals surface area contributed by atoms with E-state index in [1.807, 2.05) is 25.1 Å². The fourth-order valence-corrected chi connectivity index (χ4v) is 3.81. The molecule has 33 heavy (non-hydrogen) atoms. The van der Waals surface area contributed by atoms with E-state index in [0.29, 0.717) is 18.8 Å². The second-order valence-electron chi connectivity index (χ2n) is 8.58. The average Bonchev–Trinajstić information content (AvgIpc) is 2.77. The SMILES string of the molecule is Cc1ccc(-c2c(CNC(=O)O)c(CC(C)C)nc3ccc(C#CCCCC#N)cc23)cc1. The van der Waals surface area contributed by atoms with Crippen LogP contribution in [0.4, 0.5) is 4.79 Å². The molecule has 0 unspecified atom stereocenters. The molecule has 0 aliphatic heterocycles. The molecule has 0 atom stereocenters. The van der Waals surface area contributed by atoms with E-state index in [2.05, 4.69) is 61.3 Å². The molecular formula is C28H29N3O2. The summed E-state index contributed by atoms with van der Waals surface area (Å²) >= 11 is 0. The van der Waals surface area contributed by atoms with Gasteiger partial charge in [-0.3, -0.25) is 4.98 Å². The first-order chi connectivity index (χ1) is 15.9. The molecule has 0 saturated carbocycles. The second kappa shape index (κ2) is 11.2. The molecule has 0 saturated heterocycles. The third-order valence-corrected chi connectivity index (χ3v) is 5.35. The summed E-state index contributed by atoms with van der Waals surface area (Å²) in [6.45, 7) is 6.51. The molecule has 0 bridgehead atoms. The normalized spacial score (nSPS) is 10.5. The third-order valence-electron chi connectivity index (χ3n) is 5.35. The number of rotatable bonds is 7. The molecule has 5 heteroatoms. The Balaban J connectivity index is 2.22. The average molecular weight is 440 g/mol. The quantitative estimate of drug-likeness (QED) is 0.338. The van der Waals surface area contributed by atoms with E-state index >= 15 is 0 Å². The van der Waals surface area contributed by atoms with Crippen molar-refractivity contribution in [2.45, 2.75) is 53.0 Å². The zero-order chi connectivity index (χ0) is 23.8. The number of carbonyl (C=O) groups is 1. The molecule has 3 aromatic rings. The Hall–Kier alpha value is -3.83. The van der Waals surface area contributed by atoms with E-state index in [9.17, 15) is 9.90 Å². The first kappa shape index (κ1) is 23.8. The Morgan fingerprint density at radius 1 is 1.15 bits per heavy atom. The van der Waals surface area contributed by atoms with Crippen molar-refractivity contribution in [2.75, 3.05) is 0 Å². The number of carboxylic acid groups (broad SMARTS) is 1. The van der Waals surface area contributed by atoms with Gasteiger partial charge in [0.2, 0.25) is 0 Å². The van der Waals surface area contributed by atoms with Crippen LogP contribution < -0.4 is 5.32 Å². The van der Waals surface area contributed by atoms with Gasteiger partial charge in [0.15, 0.2) is 0 Å². The maximum absolute atomic E-state index is 11.3. The van der Waals surface area contributed by atoms with E-state index in [1.165, 1.54) is 0 Å². The van der Waals surface area contributed by atoms with E-state index in [1.54, 1.807) is 0 Å². The van der Waals surface area contributed by atoms with Crippen LogP contribution in [-0.4, -0.2) is 16.2 Å². The largest absolute Gasteiger partial charge is 0.465 e. The Labute approximate surface area is 195 Å². The smallest absolute Gasteiger partial charge is 0.404 e. The molecule has 0 radical (unpaired) electrons. The van der Waals surface area contributed by atoms with Crippen LogP contribution in [0.15, 0.2) is 42.5 Å². The van der Waals surface area contributed by atoms with Gasteiger partial charge in [-0.1, -0.05) is 55.5 Å². The molecule has 0 aliphatic carbocycles. The molecule has 2 N–H and O–H groups in total. The summed E-state index contributed by atoms with van der Waals surface area (Å²) in [5.74, 6) is 6.73. The fraction of sp³-hybridized carbons (Fsp3) is 0.321. The molecule has 3 rings (SSSR count). The number of pyridine rings is 1. The number of hydrogen-bond donors (Lipinski definition) is 2. The second-order valence-corrected chi connectivity index (χ2v) is 8.58. The topological polar surface area (TPSA) is 86.0 Å². The van der Waals surface area contributed by atoms with Crippen molar-refractivity contribution in [3.63, 3.8) is 0 Å². The number of unbranched alkanes of at least 4 members (excludes halogenated alkanes) is 2. The first-order valence-corrected chi connectivity index (χ1v) is 11.2. The van der Waals surface area contributed by atoms with E-state index in [0.717, 1.165) is 57.3 Å². The molecule has 1 aromatic heterocycles. The number of aryl methyl sites for hydroxylation is 1. The third kappa shape index (κ3) is 6.34. The van der Waals surface area contributed by atoms with Crippen molar-refractivity contribution in [3.8, 4) is 29.0 Å². The predicted molar refractivity (Wildman–Crippen MR) is 132 cm³/mol. The van der Waals surface area contributed by atoms with Gasteiger partial charge in [-0.2, -0.15) is 5.26 Å². The highest BCUT2D eigenvalue weighted by Crippen LogP contribution is 2.35. The van der Waals surface area contributed by atoms with Crippen molar-refractivity contribution in [2.24, 2.45) is 5.92 Å². The number of nitrogens with zero attached hydrogens (tertiary/aromatic N) is 2. The van der Waals surface area contributed by atoms with Crippen LogP contribution in [-0.2, 0) is 13.0 Å². The molecule has 0 aliphatic rings. The highest BCUT2D eigenvalue weighted by Gasteiger charge is 2.18. The predicted octanol–water partition coefficient (Wildman–Crippen LogP) is 6.22. The van der Waals surface area contributed by atoms with E-state index in [4.69, 9.17) is 10.2 Å². The fourth-order valence-electron chi connectivity index (χ4n) is 3.81. The van der Waals surface area contributed by atoms with Crippen LogP contribution >= 0.6 is 0 Å². The van der Waals surface area contributed by atoms with Crippen LogP contribution in [0, 0.1) is 36.0 Å². The van der Waals surface area contributed by atoms with Crippen molar-refractivity contribution in [1.82, 2.24) is 10.3 Å². The van der Waals surface area contributed by atoms with Crippen molar-refractivity contribution < 1.29 is 9.90 Å². The van der Waals surface area contributed by atoms with Crippen molar-refractivity contribution >= 4 is 17.0 Å². The minimum Gasteiger partial charge on any atom is -0.465 e. The minimum atomic E-state index is -1.06. The molecule has 2 aromatic carbocycles. The molecular weight excluding hydrogens is 410 g/mol. The summed E-state index contributed by atoms with van der Waals surface area (Å²) < 4.78 is 0. The Morgan fingerprint density at radius 3 is 2.58 bits per heavy atom. The van der Waals surface area contributed by atoms with Gasteiger partial charge in [0.1, 0.15) is 0 Å². The number of fused-ring (bicyclic) bond motifs is 1. The number of aromatic nitrogens is 1. The summed E-state index contributed by atoms with van der Waals surface area (Å²) in [6, 6.07) is 16.4. The minimum absolute atomic E-state index is 0.188. The van der Waals surface area contributed by atoms with E-state index < -0.39 is 6.09 Å². The van der Waals surface area contributed by atoms with Gasteiger partial charge in [-0.25, -0.2) is 4.79 Å². The molecule has 0 fully saturated rings. The van der Waals surface area contributed by atoms with Gasteiger partial charge >= 0.3 is 6.09 Å².